The maximum atomic E-state index is 14.0. The lowest BCUT2D eigenvalue weighted by molar-refractivity contribution is -0.171. The molecule has 0 saturated carbocycles. The first-order chi connectivity index (χ1) is 22.4. The fourth-order valence-electron chi connectivity index (χ4n) is 5.81. The van der Waals surface area contributed by atoms with Gasteiger partial charge in [-0.1, -0.05) is 6.07 Å². The van der Waals surface area contributed by atoms with E-state index in [9.17, 15) is 52.5 Å². The molecule has 5 atom stereocenters. The zero-order valence-corrected chi connectivity index (χ0v) is 27.1. The number of amides is 7. The normalized spacial score (nSPS) is 24.9. The van der Waals surface area contributed by atoms with Gasteiger partial charge in [-0.05, 0) is 38.5 Å². The van der Waals surface area contributed by atoms with E-state index in [0.29, 0.717) is 9.80 Å². The molecule has 3 aliphatic heterocycles. The number of β-lactam (4-membered cyclic amide) rings is 1. The number of fused-ring (bicyclic) bond motifs is 1. The molecule has 4 rings (SSSR count). The van der Waals surface area contributed by atoms with Gasteiger partial charge in [0.25, 0.3) is 5.91 Å². The van der Waals surface area contributed by atoms with Crippen molar-refractivity contribution in [1.82, 2.24) is 30.7 Å². The lowest BCUT2D eigenvalue weighted by atomic mass is 9.92. The van der Waals surface area contributed by atoms with Crippen LogP contribution in [0.3, 0.4) is 0 Å². The molecule has 0 bridgehead atoms. The zero-order chi connectivity index (χ0) is 35.9. The molecule has 0 aliphatic carbocycles. The number of benzene rings is 1. The van der Waals surface area contributed by atoms with Crippen LogP contribution in [0.4, 0.5) is 4.79 Å². The van der Waals surface area contributed by atoms with E-state index < -0.39 is 86.2 Å². The van der Waals surface area contributed by atoms with Crippen molar-refractivity contribution in [1.29, 1.82) is 0 Å². The van der Waals surface area contributed by atoms with E-state index in [1.807, 2.05) is 0 Å². The maximum Gasteiger partial charge on any atom is 0.328 e. The van der Waals surface area contributed by atoms with Gasteiger partial charge in [-0.2, -0.15) is 0 Å². The summed E-state index contributed by atoms with van der Waals surface area (Å²) in [4.78, 5) is 113. The molecular formula is C28H32N6O13S. The average Bonchev–Trinajstić information content (AvgIpc) is 3.16. The van der Waals surface area contributed by atoms with Gasteiger partial charge in [0.1, 0.15) is 12.1 Å². The third kappa shape index (κ3) is 5.82. The fourth-order valence-corrected chi connectivity index (χ4v) is 7.92. The van der Waals surface area contributed by atoms with Crippen LogP contribution in [0.5, 0.6) is 11.5 Å². The maximum absolute atomic E-state index is 14.0. The lowest BCUT2D eigenvalue weighted by Crippen LogP contribution is -2.84. The Bertz CT molecular complexity index is 1660. The topological polar surface area (TPSA) is 255 Å². The largest absolute Gasteiger partial charge is 0.480 e. The average molecular weight is 693 g/mol. The number of carbonyl (C=O) groups excluding carboxylic acids is 8. The molecule has 0 spiro atoms. The summed E-state index contributed by atoms with van der Waals surface area (Å²) in [5.74, 6) is -8.13. The number of imide groups is 1. The van der Waals surface area contributed by atoms with E-state index in [2.05, 4.69) is 16.0 Å². The summed E-state index contributed by atoms with van der Waals surface area (Å²) in [6, 6.07) is -3.15. The Labute approximate surface area is 274 Å². The molecule has 0 radical (unpaired) electrons. The van der Waals surface area contributed by atoms with Crippen molar-refractivity contribution in [3.8, 4) is 11.5 Å². The van der Waals surface area contributed by atoms with Crippen LogP contribution >= 0.6 is 0 Å². The minimum absolute atomic E-state index is 0.00230. The molecule has 3 heterocycles. The molecule has 1 aromatic carbocycles. The molecule has 1 aromatic rings. The first-order valence-corrected chi connectivity index (χ1v) is 15.5. The second kappa shape index (κ2) is 13.0. The molecule has 4 N–H and O–H groups in total. The van der Waals surface area contributed by atoms with E-state index in [1.54, 1.807) is 6.92 Å². The molecule has 20 heteroatoms. The van der Waals surface area contributed by atoms with Gasteiger partial charge in [-0.15, -0.1) is 0 Å². The van der Waals surface area contributed by atoms with Crippen molar-refractivity contribution in [3.05, 3.63) is 23.8 Å². The zero-order valence-electron chi connectivity index (χ0n) is 26.3. The van der Waals surface area contributed by atoms with Gasteiger partial charge >= 0.3 is 35.8 Å². The van der Waals surface area contributed by atoms with Crippen LogP contribution in [0.15, 0.2) is 18.2 Å². The summed E-state index contributed by atoms with van der Waals surface area (Å²) in [6.07, 6.45) is 0.0910. The number of ether oxygens (including phenoxy) is 2. The lowest BCUT2D eigenvalue weighted by Gasteiger charge is -2.52. The summed E-state index contributed by atoms with van der Waals surface area (Å²) < 4.78 is 22.3. The van der Waals surface area contributed by atoms with E-state index in [-0.39, 0.29) is 43.1 Å². The molecule has 3 fully saturated rings. The minimum atomic E-state index is -2.32. The van der Waals surface area contributed by atoms with Gasteiger partial charge in [0.15, 0.2) is 17.5 Å². The number of nitrogens with zero attached hydrogens (tertiary/aromatic N) is 3. The number of nitrogens with one attached hydrogen (secondary N) is 3. The third-order valence-electron chi connectivity index (χ3n) is 7.97. The monoisotopic (exact) mass is 692 g/mol. The Morgan fingerprint density at radius 3 is 2.23 bits per heavy atom. The molecule has 3 aliphatic rings. The number of aliphatic carboxylic acids is 1. The van der Waals surface area contributed by atoms with Crippen LogP contribution in [0.25, 0.3) is 0 Å². The van der Waals surface area contributed by atoms with Gasteiger partial charge in [0.2, 0.25) is 17.3 Å². The summed E-state index contributed by atoms with van der Waals surface area (Å²) in [7, 11) is -2.32. The van der Waals surface area contributed by atoms with Crippen LogP contribution in [0.1, 0.15) is 46.2 Å². The quantitative estimate of drug-likeness (QED) is 0.0662. The number of piperazine rings is 1. The van der Waals surface area contributed by atoms with Crippen molar-refractivity contribution in [2.75, 3.05) is 19.6 Å². The molecule has 258 valence electrons. The number of carboxylic acids is 1. The highest BCUT2D eigenvalue weighted by molar-refractivity contribution is 7.88. The Kier molecular flexibility index (Phi) is 9.61. The second-order valence-electron chi connectivity index (χ2n) is 11.3. The van der Waals surface area contributed by atoms with Gasteiger partial charge in [-0.25, -0.2) is 9.59 Å². The Balaban J connectivity index is 1.75. The Hall–Kier alpha value is -5.40. The standard InChI is InChI=1S/C28H32N6O13S/c1-6-32-9-10-33(24(41)23(32)40)26(44)30-18(15-7-8-16(46-13(2)36)17(11-15)47-14(3)37)21(38)31-19-22(39)34-20(25(42)43)27(4,5)48(45)28(19,34)29-12-35/h7-8,11-12,18-20H,6,9-10H2,1-5H3,(H,29,35)(H,30,44)(H,31,38)(H,42,43)/t18?,19-,20+,28?,48?/m1/s1. The minimum Gasteiger partial charge on any atom is -0.480 e. The Morgan fingerprint density at radius 2 is 1.67 bits per heavy atom. The summed E-state index contributed by atoms with van der Waals surface area (Å²) in [6.45, 7) is 6.31. The number of rotatable bonds is 10. The van der Waals surface area contributed by atoms with E-state index in [0.717, 1.165) is 26.0 Å². The molecule has 7 amide bonds. The van der Waals surface area contributed by atoms with E-state index in [4.69, 9.17) is 9.47 Å². The number of urea groups is 1. The van der Waals surface area contributed by atoms with Crippen LogP contribution in [0, 0.1) is 0 Å². The number of carboxylic acid groups (broad SMARTS) is 1. The molecule has 0 aromatic heterocycles. The van der Waals surface area contributed by atoms with Crippen LogP contribution < -0.4 is 25.4 Å². The first kappa shape index (κ1) is 35.5. The van der Waals surface area contributed by atoms with Crippen molar-refractivity contribution in [2.24, 2.45) is 0 Å². The highest BCUT2D eigenvalue weighted by Crippen LogP contribution is 2.49. The van der Waals surface area contributed by atoms with Crippen LogP contribution in [-0.4, -0.2) is 119 Å². The van der Waals surface area contributed by atoms with Gasteiger partial charge in [0.05, 0.1) is 15.5 Å². The predicted octanol–water partition coefficient (Wildman–Crippen LogP) is -2.30. The fraction of sp³-hybridized carbons (Fsp3) is 0.464. The Morgan fingerprint density at radius 1 is 1.04 bits per heavy atom. The van der Waals surface area contributed by atoms with Gasteiger partial charge < -0.3 is 35.4 Å². The summed E-state index contributed by atoms with van der Waals surface area (Å²) >= 11 is 0. The molecule has 48 heavy (non-hydrogen) atoms. The van der Waals surface area contributed by atoms with E-state index >= 15 is 0 Å². The van der Waals surface area contributed by atoms with Crippen molar-refractivity contribution in [3.63, 3.8) is 0 Å². The highest BCUT2D eigenvalue weighted by atomic mass is 32.2. The van der Waals surface area contributed by atoms with Gasteiger partial charge in [-0.3, -0.25) is 47.6 Å². The highest BCUT2D eigenvalue weighted by Gasteiger charge is 2.78. The predicted molar refractivity (Wildman–Crippen MR) is 159 cm³/mol. The number of hydrogen-bond donors (Lipinski definition) is 4. The molecular weight excluding hydrogens is 660 g/mol. The molecule has 3 saturated heterocycles. The smallest absolute Gasteiger partial charge is 0.328 e. The molecule has 19 nitrogen and oxygen atoms in total. The van der Waals surface area contributed by atoms with E-state index in [1.165, 1.54) is 24.8 Å². The SMILES string of the molecule is CCN1CCN(C(=O)NC(C(=O)N[C@@H]2C(=O)N3[C@@H](C(=O)O)C(C)(C)S(=O)C23NC=O)c2ccc(OC(C)=O)c(OC(C)=O)c2)C(=O)C1=O. The van der Waals surface area contributed by atoms with Crippen molar-refractivity contribution in [2.45, 2.75) is 62.5 Å². The summed E-state index contributed by atoms with van der Waals surface area (Å²) in [5.41, 5.74) is -0.156. The number of likely N-dealkylation sites (N-methyl/N-ethyl adjacent to an activating group) is 1. The van der Waals surface area contributed by atoms with Crippen molar-refractivity contribution >= 4 is 64.8 Å². The number of esters is 2. The van der Waals surface area contributed by atoms with Crippen LogP contribution in [0.2, 0.25) is 0 Å². The van der Waals surface area contributed by atoms with Crippen LogP contribution in [-0.2, 0) is 49.2 Å². The summed E-state index contributed by atoms with van der Waals surface area (Å²) in [5, 5.41) is 16.7. The molecule has 3 unspecified atom stereocenters. The van der Waals surface area contributed by atoms with Gasteiger partial charge in [0, 0.05) is 33.5 Å². The second-order valence-corrected chi connectivity index (χ2v) is 13.6. The van der Waals surface area contributed by atoms with Crippen molar-refractivity contribution < 1.29 is 61.9 Å². The number of carbonyl (C=O) groups is 9. The first-order valence-electron chi connectivity index (χ1n) is 14.4. The third-order valence-corrected chi connectivity index (χ3v) is 10.3. The number of hydrogen-bond acceptors (Lipinski definition) is 12.